The minimum Gasteiger partial charge on any atom is -0.507 e. The molecule has 1 saturated heterocycles. The fraction of sp³-hybridized carbons (Fsp3) is 0.625. The molecule has 122 valence electrons. The van der Waals surface area contributed by atoms with Gasteiger partial charge >= 0.3 is 0 Å². The molecule has 6 nitrogen and oxygen atoms in total. The molecular weight excluding hydrogens is 284 g/mol. The first-order chi connectivity index (χ1) is 10.4. The lowest BCUT2D eigenvalue weighted by Crippen LogP contribution is -2.48. The third kappa shape index (κ3) is 3.50. The van der Waals surface area contributed by atoms with Gasteiger partial charge in [-0.1, -0.05) is 13.8 Å². The molecule has 2 rings (SSSR count). The summed E-state index contributed by atoms with van der Waals surface area (Å²) >= 11 is 0. The van der Waals surface area contributed by atoms with E-state index in [1.165, 1.54) is 6.20 Å². The molecule has 3 N–H and O–H groups in total. The van der Waals surface area contributed by atoms with Crippen molar-refractivity contribution in [3.63, 3.8) is 0 Å². The summed E-state index contributed by atoms with van der Waals surface area (Å²) < 4.78 is 0. The Labute approximate surface area is 129 Å². The molecule has 0 unspecified atom stereocenters. The van der Waals surface area contributed by atoms with E-state index in [-0.39, 0.29) is 29.2 Å². The van der Waals surface area contributed by atoms with Crippen LogP contribution in [0.5, 0.6) is 5.75 Å². The highest BCUT2D eigenvalue weighted by Gasteiger charge is 2.37. The van der Waals surface area contributed by atoms with Crippen molar-refractivity contribution in [2.75, 3.05) is 19.7 Å². The van der Waals surface area contributed by atoms with Gasteiger partial charge in [-0.25, -0.2) is 0 Å². The van der Waals surface area contributed by atoms with Gasteiger partial charge in [-0.05, 0) is 25.2 Å². The Morgan fingerprint density at radius 3 is 2.82 bits per heavy atom. The largest absolute Gasteiger partial charge is 0.507 e. The highest BCUT2D eigenvalue weighted by Crippen LogP contribution is 2.36. The number of aliphatic hydroxyl groups excluding tert-OH is 1. The molecule has 1 fully saturated rings. The first kappa shape index (κ1) is 16.5. The number of rotatable bonds is 4. The Morgan fingerprint density at radius 1 is 1.50 bits per heavy atom. The van der Waals surface area contributed by atoms with E-state index in [1.54, 1.807) is 4.90 Å². The first-order valence-corrected chi connectivity index (χ1v) is 7.69. The highest BCUT2D eigenvalue weighted by molar-refractivity contribution is 5.96. The number of aromatic amines is 1. The Morgan fingerprint density at radius 2 is 2.23 bits per heavy atom. The molecule has 1 aliphatic heterocycles. The predicted octanol–water partition coefficient (Wildman–Crippen LogP) is 1.34. The van der Waals surface area contributed by atoms with E-state index in [9.17, 15) is 19.8 Å². The van der Waals surface area contributed by atoms with Gasteiger partial charge in [0.05, 0.1) is 12.2 Å². The molecule has 1 atom stereocenters. The molecule has 22 heavy (non-hydrogen) atoms. The number of piperidine rings is 1. The highest BCUT2D eigenvalue weighted by atomic mass is 16.3. The van der Waals surface area contributed by atoms with E-state index < -0.39 is 5.56 Å². The van der Waals surface area contributed by atoms with Crippen molar-refractivity contribution in [2.45, 2.75) is 33.1 Å². The summed E-state index contributed by atoms with van der Waals surface area (Å²) in [6, 6.07) is 1.00. The summed E-state index contributed by atoms with van der Waals surface area (Å²) in [6.45, 7) is 5.32. The Hall–Kier alpha value is -1.82. The molecule has 0 radical (unpaired) electrons. The average Bonchev–Trinajstić information content (AvgIpc) is 2.46. The monoisotopic (exact) mass is 308 g/mol. The number of carbonyl (C=O) groups is 1. The maximum absolute atomic E-state index is 12.6. The molecule has 1 aromatic rings. The van der Waals surface area contributed by atoms with Crippen molar-refractivity contribution >= 4 is 5.91 Å². The number of likely N-dealkylation sites (tertiary alicyclic amines) is 1. The van der Waals surface area contributed by atoms with Crippen LogP contribution in [0.1, 0.15) is 43.5 Å². The summed E-state index contributed by atoms with van der Waals surface area (Å²) in [6.07, 6.45) is 3.81. The van der Waals surface area contributed by atoms with Gasteiger partial charge in [0.2, 0.25) is 0 Å². The molecule has 0 bridgehead atoms. The smallest absolute Gasteiger partial charge is 0.259 e. The van der Waals surface area contributed by atoms with Gasteiger partial charge in [-0.2, -0.15) is 0 Å². The quantitative estimate of drug-likeness (QED) is 0.782. The topological polar surface area (TPSA) is 93.6 Å². The van der Waals surface area contributed by atoms with Gasteiger partial charge in [0.25, 0.3) is 11.5 Å². The van der Waals surface area contributed by atoms with Gasteiger partial charge in [0.1, 0.15) is 5.75 Å². The molecule has 1 amide bonds. The minimum absolute atomic E-state index is 0.0482. The zero-order chi connectivity index (χ0) is 16.3. The zero-order valence-electron chi connectivity index (χ0n) is 13.1. The van der Waals surface area contributed by atoms with Crippen molar-refractivity contribution < 1.29 is 15.0 Å². The fourth-order valence-corrected chi connectivity index (χ4v) is 3.41. The maximum Gasteiger partial charge on any atom is 0.259 e. The molecule has 0 saturated carbocycles. The van der Waals surface area contributed by atoms with Gasteiger partial charge in [-0.15, -0.1) is 0 Å². The number of amides is 1. The van der Waals surface area contributed by atoms with Crippen molar-refractivity contribution in [3.8, 4) is 5.75 Å². The summed E-state index contributed by atoms with van der Waals surface area (Å²) in [4.78, 5) is 27.8. The van der Waals surface area contributed by atoms with Crippen LogP contribution in [0.15, 0.2) is 17.1 Å². The molecule has 6 heteroatoms. The van der Waals surface area contributed by atoms with Crippen molar-refractivity contribution in [2.24, 2.45) is 11.3 Å². The van der Waals surface area contributed by atoms with Gasteiger partial charge in [0.15, 0.2) is 0 Å². The van der Waals surface area contributed by atoms with Crippen LogP contribution in [0.4, 0.5) is 0 Å². The molecule has 2 heterocycles. The average molecular weight is 308 g/mol. The maximum atomic E-state index is 12.6. The van der Waals surface area contributed by atoms with E-state index in [0.717, 1.165) is 25.3 Å². The van der Waals surface area contributed by atoms with Crippen LogP contribution in [0.25, 0.3) is 0 Å². The van der Waals surface area contributed by atoms with Crippen LogP contribution in [-0.2, 0) is 0 Å². The van der Waals surface area contributed by atoms with E-state index in [2.05, 4.69) is 18.8 Å². The molecule has 0 aromatic carbocycles. The van der Waals surface area contributed by atoms with E-state index in [0.29, 0.717) is 19.0 Å². The lowest BCUT2D eigenvalue weighted by molar-refractivity contribution is 0.0158. The van der Waals surface area contributed by atoms with E-state index >= 15 is 0 Å². The Kier molecular flexibility index (Phi) is 4.90. The molecule has 0 aliphatic carbocycles. The number of nitrogens with one attached hydrogen (secondary N) is 1. The zero-order valence-corrected chi connectivity index (χ0v) is 13.1. The normalized spacial score (nSPS) is 22.1. The second kappa shape index (κ2) is 6.52. The number of aliphatic hydroxyl groups is 1. The second-order valence-corrected chi connectivity index (χ2v) is 6.68. The lowest BCUT2D eigenvalue weighted by atomic mass is 9.74. The fourth-order valence-electron chi connectivity index (χ4n) is 3.41. The van der Waals surface area contributed by atoms with Crippen molar-refractivity contribution in [1.82, 2.24) is 9.88 Å². The number of H-pyrrole nitrogens is 1. The molecular formula is C16H24N2O4. The minimum atomic E-state index is -0.447. The van der Waals surface area contributed by atoms with E-state index in [4.69, 9.17) is 0 Å². The van der Waals surface area contributed by atoms with Crippen LogP contribution >= 0.6 is 0 Å². The first-order valence-electron chi connectivity index (χ1n) is 7.69. The van der Waals surface area contributed by atoms with Gasteiger partial charge < -0.3 is 20.1 Å². The summed E-state index contributed by atoms with van der Waals surface area (Å²) in [5.41, 5.74) is -0.630. The van der Waals surface area contributed by atoms with Crippen molar-refractivity contribution in [3.05, 3.63) is 28.2 Å². The SMILES string of the molecule is CC(C)C[C@@]1(CO)CCCN(C(=O)c2c[nH]c(=O)cc2O)C1. The van der Waals surface area contributed by atoms with Crippen LogP contribution in [-0.4, -0.2) is 45.7 Å². The number of hydrogen-bond donors (Lipinski definition) is 3. The third-order valence-corrected chi connectivity index (χ3v) is 4.26. The standard InChI is InChI=1S/C16H24N2O4/c1-11(2)7-16(10-19)4-3-5-18(9-16)15(22)12-8-17-14(21)6-13(12)20/h6,8,11,19H,3-5,7,9-10H2,1-2H3,(H2,17,20,21)/t16-/m0/s1. The molecule has 1 aliphatic rings. The third-order valence-electron chi connectivity index (χ3n) is 4.26. The Bertz CT molecular complexity index is 596. The van der Waals surface area contributed by atoms with Gasteiger partial charge in [-0.3, -0.25) is 9.59 Å². The van der Waals surface area contributed by atoms with Crippen molar-refractivity contribution in [1.29, 1.82) is 0 Å². The van der Waals surface area contributed by atoms with E-state index in [1.807, 2.05) is 0 Å². The Balaban J connectivity index is 2.21. The number of carbonyl (C=O) groups excluding carboxylic acids is 1. The van der Waals surface area contributed by atoms with Crippen LogP contribution < -0.4 is 5.56 Å². The van der Waals surface area contributed by atoms with Gasteiger partial charge in [0, 0.05) is 30.8 Å². The number of nitrogens with zero attached hydrogens (tertiary/aromatic N) is 1. The number of pyridine rings is 1. The predicted molar refractivity (Wildman–Crippen MR) is 82.8 cm³/mol. The lowest BCUT2D eigenvalue weighted by Gasteiger charge is -2.43. The number of hydrogen-bond acceptors (Lipinski definition) is 4. The number of aromatic nitrogens is 1. The second-order valence-electron chi connectivity index (χ2n) is 6.68. The summed E-state index contributed by atoms with van der Waals surface area (Å²) in [5.74, 6) is -0.184. The van der Waals surface area contributed by atoms with Crippen LogP contribution in [0.3, 0.4) is 0 Å². The summed E-state index contributed by atoms with van der Waals surface area (Å²) in [7, 11) is 0. The molecule has 0 spiro atoms. The summed E-state index contributed by atoms with van der Waals surface area (Å²) in [5, 5.41) is 19.6. The van der Waals surface area contributed by atoms with Crippen LogP contribution in [0.2, 0.25) is 0 Å². The molecule has 1 aromatic heterocycles. The number of aromatic hydroxyl groups is 1. The van der Waals surface area contributed by atoms with Crippen LogP contribution in [0, 0.1) is 11.3 Å².